The zero-order valence-corrected chi connectivity index (χ0v) is 13.9. The SMILES string of the molecule is O=C(C1CCN(S(=O)(=O)C2CCCC2)CC1)N1CCOCC1. The second kappa shape index (κ2) is 6.84. The highest BCUT2D eigenvalue weighted by atomic mass is 32.2. The third kappa shape index (κ3) is 3.31. The topological polar surface area (TPSA) is 66.9 Å². The average Bonchev–Trinajstić information content (AvgIpc) is 3.10. The van der Waals surface area contributed by atoms with Crippen molar-refractivity contribution in [1.29, 1.82) is 0 Å². The molecule has 3 aliphatic rings. The summed E-state index contributed by atoms with van der Waals surface area (Å²) in [7, 11) is -3.15. The van der Waals surface area contributed by atoms with Crippen LogP contribution in [0.25, 0.3) is 0 Å². The van der Waals surface area contributed by atoms with Crippen LogP contribution in [-0.4, -0.2) is 68.2 Å². The number of piperidine rings is 1. The van der Waals surface area contributed by atoms with Gasteiger partial charge in [-0.05, 0) is 25.7 Å². The standard InChI is InChI=1S/C15H26N2O4S/c18-15(16-9-11-21-12-10-16)13-5-7-17(8-6-13)22(19,20)14-3-1-2-4-14/h13-14H,1-12H2. The lowest BCUT2D eigenvalue weighted by Crippen LogP contribution is -2.48. The number of nitrogens with zero attached hydrogens (tertiary/aromatic N) is 2. The molecule has 2 aliphatic heterocycles. The first kappa shape index (κ1) is 16.2. The Labute approximate surface area is 132 Å². The summed E-state index contributed by atoms with van der Waals surface area (Å²) in [4.78, 5) is 14.3. The van der Waals surface area contributed by atoms with Crippen LogP contribution in [0.15, 0.2) is 0 Å². The molecule has 7 heteroatoms. The van der Waals surface area contributed by atoms with E-state index in [1.807, 2.05) is 4.90 Å². The Morgan fingerprint density at radius 2 is 1.50 bits per heavy atom. The molecule has 1 aliphatic carbocycles. The first-order valence-electron chi connectivity index (χ1n) is 8.44. The van der Waals surface area contributed by atoms with E-state index in [-0.39, 0.29) is 17.1 Å². The fraction of sp³-hybridized carbons (Fsp3) is 0.933. The Morgan fingerprint density at radius 1 is 0.909 bits per heavy atom. The molecule has 0 atom stereocenters. The summed E-state index contributed by atoms with van der Waals surface area (Å²) in [5, 5.41) is -0.181. The molecule has 0 aromatic heterocycles. The Morgan fingerprint density at radius 3 is 2.09 bits per heavy atom. The molecular formula is C15H26N2O4S. The molecule has 0 aromatic rings. The van der Waals surface area contributed by atoms with Crippen molar-refractivity contribution in [3.63, 3.8) is 0 Å². The zero-order valence-electron chi connectivity index (χ0n) is 13.1. The van der Waals surface area contributed by atoms with Gasteiger partial charge in [0.1, 0.15) is 0 Å². The number of rotatable bonds is 3. The molecule has 0 aromatic carbocycles. The van der Waals surface area contributed by atoms with Crippen LogP contribution in [0.2, 0.25) is 0 Å². The van der Waals surface area contributed by atoms with E-state index in [0.29, 0.717) is 52.2 Å². The molecule has 1 saturated carbocycles. The highest BCUT2D eigenvalue weighted by Crippen LogP contribution is 2.30. The summed E-state index contributed by atoms with van der Waals surface area (Å²) in [5.74, 6) is 0.161. The van der Waals surface area contributed by atoms with Crippen molar-refractivity contribution in [3.05, 3.63) is 0 Å². The van der Waals surface area contributed by atoms with Gasteiger partial charge in [-0.25, -0.2) is 12.7 Å². The molecule has 0 N–H and O–H groups in total. The van der Waals surface area contributed by atoms with Crippen molar-refractivity contribution in [1.82, 2.24) is 9.21 Å². The quantitative estimate of drug-likeness (QED) is 0.769. The maximum atomic E-state index is 12.6. The first-order chi connectivity index (χ1) is 10.6. The van der Waals surface area contributed by atoms with Gasteiger partial charge < -0.3 is 9.64 Å². The second-order valence-corrected chi connectivity index (χ2v) is 8.78. The summed E-state index contributed by atoms with van der Waals surface area (Å²) in [6.07, 6.45) is 4.96. The number of morpholine rings is 1. The molecule has 2 saturated heterocycles. The molecule has 0 bridgehead atoms. The first-order valence-corrected chi connectivity index (χ1v) is 9.95. The van der Waals surface area contributed by atoms with Crippen LogP contribution < -0.4 is 0 Å². The Bertz CT molecular complexity index is 488. The van der Waals surface area contributed by atoms with E-state index < -0.39 is 10.0 Å². The predicted molar refractivity (Wildman–Crippen MR) is 82.9 cm³/mol. The van der Waals surface area contributed by atoms with Crippen molar-refractivity contribution in [3.8, 4) is 0 Å². The number of carbonyl (C=O) groups is 1. The van der Waals surface area contributed by atoms with E-state index in [0.717, 1.165) is 25.7 Å². The zero-order chi connectivity index (χ0) is 15.6. The fourth-order valence-electron chi connectivity index (χ4n) is 3.80. The number of hydrogen-bond donors (Lipinski definition) is 0. The van der Waals surface area contributed by atoms with Gasteiger partial charge in [0.2, 0.25) is 15.9 Å². The van der Waals surface area contributed by atoms with Gasteiger partial charge in [-0.15, -0.1) is 0 Å². The molecule has 2 heterocycles. The Balaban J connectivity index is 1.54. The maximum absolute atomic E-state index is 12.6. The largest absolute Gasteiger partial charge is 0.378 e. The highest BCUT2D eigenvalue weighted by Gasteiger charge is 2.38. The summed E-state index contributed by atoms with van der Waals surface area (Å²) in [6, 6.07) is 0. The third-order valence-electron chi connectivity index (χ3n) is 5.21. The molecule has 6 nitrogen and oxygen atoms in total. The van der Waals surface area contributed by atoms with Crippen LogP contribution in [0.1, 0.15) is 38.5 Å². The van der Waals surface area contributed by atoms with Gasteiger partial charge in [-0.3, -0.25) is 4.79 Å². The van der Waals surface area contributed by atoms with E-state index in [2.05, 4.69) is 0 Å². The van der Waals surface area contributed by atoms with Crippen molar-refractivity contribution in [2.75, 3.05) is 39.4 Å². The van der Waals surface area contributed by atoms with Crippen LogP contribution in [0.4, 0.5) is 0 Å². The van der Waals surface area contributed by atoms with E-state index in [1.165, 1.54) is 0 Å². The van der Waals surface area contributed by atoms with Crippen molar-refractivity contribution in [2.24, 2.45) is 5.92 Å². The monoisotopic (exact) mass is 330 g/mol. The van der Waals surface area contributed by atoms with Gasteiger partial charge in [0.05, 0.1) is 18.5 Å². The summed E-state index contributed by atoms with van der Waals surface area (Å²) in [6.45, 7) is 3.55. The van der Waals surface area contributed by atoms with Gasteiger partial charge >= 0.3 is 0 Å². The fourth-order valence-corrected chi connectivity index (χ4v) is 5.87. The van der Waals surface area contributed by atoms with Crippen molar-refractivity contribution < 1.29 is 17.9 Å². The number of hydrogen-bond acceptors (Lipinski definition) is 4. The van der Waals surface area contributed by atoms with Gasteiger partial charge in [0.25, 0.3) is 0 Å². The Hall–Kier alpha value is -0.660. The molecule has 0 radical (unpaired) electrons. The van der Waals surface area contributed by atoms with E-state index in [9.17, 15) is 13.2 Å². The van der Waals surface area contributed by atoms with Gasteiger partial charge in [0, 0.05) is 32.1 Å². The lowest BCUT2D eigenvalue weighted by Gasteiger charge is -2.35. The lowest BCUT2D eigenvalue weighted by molar-refractivity contribution is -0.140. The number of sulfonamides is 1. The third-order valence-corrected chi connectivity index (χ3v) is 7.61. The van der Waals surface area contributed by atoms with E-state index >= 15 is 0 Å². The smallest absolute Gasteiger partial charge is 0.225 e. The van der Waals surface area contributed by atoms with Crippen molar-refractivity contribution in [2.45, 2.75) is 43.8 Å². The minimum absolute atomic E-state index is 0.0203. The lowest BCUT2D eigenvalue weighted by atomic mass is 9.96. The number of carbonyl (C=O) groups excluding carboxylic acids is 1. The molecule has 126 valence electrons. The van der Waals surface area contributed by atoms with Crippen LogP contribution in [0.3, 0.4) is 0 Å². The molecule has 1 amide bonds. The molecular weight excluding hydrogens is 304 g/mol. The number of amides is 1. The van der Waals surface area contributed by atoms with Crippen LogP contribution in [-0.2, 0) is 19.6 Å². The molecule has 3 fully saturated rings. The van der Waals surface area contributed by atoms with E-state index in [1.54, 1.807) is 4.31 Å². The molecule has 0 spiro atoms. The normalized spacial score (nSPS) is 26.5. The predicted octanol–water partition coefficient (Wildman–Crippen LogP) is 0.830. The molecule has 3 rings (SSSR count). The van der Waals surface area contributed by atoms with Gasteiger partial charge in [0.15, 0.2) is 0 Å². The van der Waals surface area contributed by atoms with Crippen LogP contribution >= 0.6 is 0 Å². The van der Waals surface area contributed by atoms with Crippen LogP contribution in [0, 0.1) is 5.92 Å². The van der Waals surface area contributed by atoms with Crippen molar-refractivity contribution >= 4 is 15.9 Å². The average molecular weight is 330 g/mol. The van der Waals surface area contributed by atoms with Crippen LogP contribution in [0.5, 0.6) is 0 Å². The summed E-state index contributed by atoms with van der Waals surface area (Å²) in [5.41, 5.74) is 0. The summed E-state index contributed by atoms with van der Waals surface area (Å²) < 4.78 is 32.1. The van der Waals surface area contributed by atoms with Gasteiger partial charge in [-0.2, -0.15) is 0 Å². The minimum Gasteiger partial charge on any atom is -0.378 e. The number of ether oxygens (including phenoxy) is 1. The van der Waals surface area contributed by atoms with Gasteiger partial charge in [-0.1, -0.05) is 12.8 Å². The summed E-state index contributed by atoms with van der Waals surface area (Å²) >= 11 is 0. The van der Waals surface area contributed by atoms with E-state index in [4.69, 9.17) is 4.74 Å². The second-order valence-electron chi connectivity index (χ2n) is 6.56. The molecule has 22 heavy (non-hydrogen) atoms. The minimum atomic E-state index is -3.15. The highest BCUT2D eigenvalue weighted by molar-refractivity contribution is 7.89. The Kier molecular flexibility index (Phi) is 5.04. The molecule has 0 unspecified atom stereocenters. The maximum Gasteiger partial charge on any atom is 0.225 e.